The Morgan fingerprint density at radius 2 is 1.90 bits per heavy atom. The topological polar surface area (TPSA) is 115 Å². The van der Waals surface area contributed by atoms with Crippen LogP contribution in [0.5, 0.6) is 0 Å². The van der Waals surface area contributed by atoms with Crippen LogP contribution in [0.25, 0.3) is 0 Å². The lowest BCUT2D eigenvalue weighted by molar-refractivity contribution is -0.188. The predicted octanol–water partition coefficient (Wildman–Crippen LogP) is 3.33. The summed E-state index contributed by atoms with van der Waals surface area (Å²) in [5.74, 6) is 0.0386. The Morgan fingerprint density at radius 3 is 2.59 bits per heavy atom. The summed E-state index contributed by atoms with van der Waals surface area (Å²) in [6.07, 6.45) is 5.25. The Labute approximate surface area is 243 Å². The van der Waals surface area contributed by atoms with Crippen LogP contribution in [-0.4, -0.2) is 95.8 Å². The molecule has 1 aromatic carbocycles. The van der Waals surface area contributed by atoms with Crippen molar-refractivity contribution in [1.29, 1.82) is 0 Å². The fourth-order valence-corrected chi connectivity index (χ4v) is 5.50. The molecule has 5 amide bonds. The average Bonchev–Trinajstić information content (AvgIpc) is 2.97. The summed E-state index contributed by atoms with van der Waals surface area (Å²) in [6.45, 7) is 9.38. The lowest BCUT2D eigenvalue weighted by Crippen LogP contribution is -2.76. The van der Waals surface area contributed by atoms with E-state index in [0.717, 1.165) is 31.2 Å². The highest BCUT2D eigenvalue weighted by Gasteiger charge is 2.50. The van der Waals surface area contributed by atoms with E-state index in [9.17, 15) is 19.2 Å². The van der Waals surface area contributed by atoms with E-state index >= 15 is 0 Å². The molecule has 11 heteroatoms. The number of urea groups is 1. The Morgan fingerprint density at radius 1 is 1.15 bits per heavy atom. The molecule has 0 radical (unpaired) electrons. The van der Waals surface area contributed by atoms with Crippen molar-refractivity contribution in [3.8, 4) is 0 Å². The molecular formula is C30H46N6O5. The molecule has 0 aromatic heterocycles. The molecule has 2 aliphatic rings. The third kappa shape index (κ3) is 8.69. The predicted molar refractivity (Wildman–Crippen MR) is 156 cm³/mol. The molecule has 11 nitrogen and oxygen atoms in total. The minimum Gasteiger partial charge on any atom is -0.445 e. The molecule has 0 spiro atoms. The lowest BCUT2D eigenvalue weighted by atomic mass is 9.96. The number of carbonyl (C=O) groups excluding carboxylic acids is 4. The van der Waals surface area contributed by atoms with E-state index < -0.39 is 18.3 Å². The first-order chi connectivity index (χ1) is 19.8. The number of ether oxygens (including phenoxy) is 1. The van der Waals surface area contributed by atoms with Crippen molar-refractivity contribution >= 4 is 23.9 Å². The molecule has 2 N–H and O–H groups in total. The van der Waals surface area contributed by atoms with Crippen molar-refractivity contribution in [1.82, 2.24) is 30.5 Å². The van der Waals surface area contributed by atoms with Gasteiger partial charge >= 0.3 is 12.1 Å². The van der Waals surface area contributed by atoms with Crippen LogP contribution in [0, 0.1) is 5.92 Å². The van der Waals surface area contributed by atoms with E-state index in [1.807, 2.05) is 35.2 Å². The summed E-state index contributed by atoms with van der Waals surface area (Å²) in [5, 5.41) is 8.88. The maximum atomic E-state index is 13.9. The molecule has 0 saturated carbocycles. The molecule has 2 saturated heterocycles. The van der Waals surface area contributed by atoms with Crippen molar-refractivity contribution < 1.29 is 23.9 Å². The highest BCUT2D eigenvalue weighted by Crippen LogP contribution is 2.29. The summed E-state index contributed by atoms with van der Waals surface area (Å²) in [5.41, 5.74) is 0.965. The molecule has 3 atom stereocenters. The van der Waals surface area contributed by atoms with Crippen molar-refractivity contribution in [2.45, 2.75) is 71.1 Å². The van der Waals surface area contributed by atoms with Gasteiger partial charge in [-0.25, -0.2) is 19.6 Å². The first-order valence-corrected chi connectivity index (χ1v) is 14.7. The molecule has 0 aliphatic carbocycles. The number of hydrazine groups is 1. The number of nitrogens with zero attached hydrogens (tertiary/aromatic N) is 4. The molecule has 41 heavy (non-hydrogen) atoms. The first kappa shape index (κ1) is 31.9. The normalized spacial score (nSPS) is 19.9. The van der Waals surface area contributed by atoms with Crippen molar-refractivity contribution in [3.63, 3.8) is 0 Å². The van der Waals surface area contributed by atoms with Gasteiger partial charge in [-0.05, 0) is 30.7 Å². The van der Waals surface area contributed by atoms with Gasteiger partial charge in [0.1, 0.15) is 18.8 Å². The Bertz CT molecular complexity index is 1040. The average molecular weight is 571 g/mol. The monoisotopic (exact) mass is 570 g/mol. The van der Waals surface area contributed by atoms with Crippen LogP contribution in [0.15, 0.2) is 43.0 Å². The number of alkyl carbamates (subject to hydrolysis) is 1. The zero-order chi connectivity index (χ0) is 29.8. The second-order valence-corrected chi connectivity index (χ2v) is 10.7. The number of benzene rings is 1. The number of fused-ring (bicyclic) bond motifs is 1. The third-order valence-electron chi connectivity index (χ3n) is 7.71. The largest absolute Gasteiger partial charge is 0.445 e. The number of rotatable bonds is 14. The SMILES string of the molecule is C=CCOC(=O)NCCC[C@H]1C(=O)N(CC(CC)CCCC)C[C@H]2N1C(=O)CN(C)N2C(=O)NCc1ccccc1. The van der Waals surface area contributed by atoms with Crippen LogP contribution >= 0.6 is 0 Å². The van der Waals surface area contributed by atoms with Crippen LogP contribution in [0.2, 0.25) is 0 Å². The molecule has 226 valence electrons. The summed E-state index contributed by atoms with van der Waals surface area (Å²) in [4.78, 5) is 56.0. The van der Waals surface area contributed by atoms with Gasteiger partial charge in [0, 0.05) is 26.7 Å². The highest BCUT2D eigenvalue weighted by atomic mass is 16.5. The fraction of sp³-hybridized carbons (Fsp3) is 0.600. The van der Waals surface area contributed by atoms with Crippen molar-refractivity contribution in [3.05, 3.63) is 48.6 Å². The quantitative estimate of drug-likeness (QED) is 0.262. The van der Waals surface area contributed by atoms with Crippen LogP contribution in [0.3, 0.4) is 0 Å². The van der Waals surface area contributed by atoms with Gasteiger partial charge in [0.25, 0.3) is 0 Å². The van der Waals surface area contributed by atoms with Crippen LogP contribution in [-0.2, 0) is 20.9 Å². The molecule has 1 unspecified atom stereocenters. The number of nitrogens with one attached hydrogen (secondary N) is 2. The first-order valence-electron chi connectivity index (χ1n) is 14.7. The molecule has 2 aliphatic heterocycles. The maximum Gasteiger partial charge on any atom is 0.407 e. The second-order valence-electron chi connectivity index (χ2n) is 10.7. The summed E-state index contributed by atoms with van der Waals surface area (Å²) >= 11 is 0. The van der Waals surface area contributed by atoms with E-state index in [1.54, 1.807) is 22.0 Å². The Kier molecular flexibility index (Phi) is 12.5. The van der Waals surface area contributed by atoms with Crippen LogP contribution < -0.4 is 10.6 Å². The van der Waals surface area contributed by atoms with Gasteiger partial charge in [0.05, 0.1) is 13.1 Å². The maximum absolute atomic E-state index is 13.9. The highest BCUT2D eigenvalue weighted by molar-refractivity contribution is 5.91. The molecule has 1 aromatic rings. The Hall–Kier alpha value is -3.60. The molecule has 2 fully saturated rings. The molecule has 3 rings (SSSR count). The lowest BCUT2D eigenvalue weighted by Gasteiger charge is -2.54. The van der Waals surface area contributed by atoms with Gasteiger partial charge in [-0.2, -0.15) is 0 Å². The standard InChI is InChI=1S/C30H46N6O5/c1-5-8-13-23(7-3)20-34-21-26-35(25(28(34)38)16-12-17-31-30(40)41-18-6-2)27(37)22-33(4)36(26)29(39)32-19-24-14-10-9-11-15-24/h6,9-11,14-15,23,25-26H,2,5,7-8,12-13,16-22H2,1,3-4H3,(H,31,40)(H,32,39)/t23?,25-,26-/m0/s1. The number of hydrogen-bond donors (Lipinski definition) is 2. The van der Waals surface area contributed by atoms with Gasteiger partial charge in [0.2, 0.25) is 11.8 Å². The molecular weight excluding hydrogens is 524 g/mol. The summed E-state index contributed by atoms with van der Waals surface area (Å²) in [6, 6.07) is 8.59. The van der Waals surface area contributed by atoms with Crippen LogP contribution in [0.4, 0.5) is 9.59 Å². The van der Waals surface area contributed by atoms with E-state index in [4.69, 9.17) is 4.74 Å². The summed E-state index contributed by atoms with van der Waals surface area (Å²) in [7, 11) is 1.72. The number of amides is 5. The van der Waals surface area contributed by atoms with Crippen LogP contribution in [0.1, 0.15) is 57.9 Å². The van der Waals surface area contributed by atoms with E-state index in [-0.39, 0.29) is 37.5 Å². The number of unbranched alkanes of at least 4 members (excludes halogenated alkanes) is 1. The van der Waals surface area contributed by atoms with Gasteiger partial charge in [-0.1, -0.05) is 76.1 Å². The fourth-order valence-electron chi connectivity index (χ4n) is 5.50. The van der Waals surface area contributed by atoms with E-state index in [2.05, 4.69) is 31.1 Å². The number of carbonyl (C=O) groups is 4. The van der Waals surface area contributed by atoms with Crippen molar-refractivity contribution in [2.24, 2.45) is 5.92 Å². The smallest absolute Gasteiger partial charge is 0.407 e. The van der Waals surface area contributed by atoms with Gasteiger partial charge < -0.3 is 25.2 Å². The van der Waals surface area contributed by atoms with Crippen molar-refractivity contribution in [2.75, 3.05) is 39.8 Å². The zero-order valence-electron chi connectivity index (χ0n) is 24.7. The van der Waals surface area contributed by atoms with Gasteiger partial charge in [0.15, 0.2) is 0 Å². The number of hydrogen-bond acceptors (Lipinski definition) is 6. The Balaban J connectivity index is 1.80. The second kappa shape index (κ2) is 16.0. The third-order valence-corrected chi connectivity index (χ3v) is 7.71. The number of likely N-dealkylation sites (N-methyl/N-ethyl adjacent to an activating group) is 1. The van der Waals surface area contributed by atoms with Gasteiger partial charge in [-0.15, -0.1) is 0 Å². The zero-order valence-corrected chi connectivity index (χ0v) is 24.7. The van der Waals surface area contributed by atoms with E-state index in [1.165, 1.54) is 6.08 Å². The van der Waals surface area contributed by atoms with Gasteiger partial charge in [-0.3, -0.25) is 9.59 Å². The number of piperazine rings is 1. The minimum atomic E-state index is -0.728. The summed E-state index contributed by atoms with van der Waals surface area (Å²) < 4.78 is 4.96. The molecule has 0 bridgehead atoms. The minimum absolute atomic E-state index is 0.0146. The van der Waals surface area contributed by atoms with E-state index in [0.29, 0.717) is 38.4 Å². The molecule has 2 heterocycles.